The first-order chi connectivity index (χ1) is 10.1. The van der Waals surface area contributed by atoms with Crippen LogP contribution in [0.25, 0.3) is 5.65 Å². The summed E-state index contributed by atoms with van der Waals surface area (Å²) >= 11 is 0. The van der Waals surface area contributed by atoms with Gasteiger partial charge < -0.3 is 10.2 Å². The maximum atomic E-state index is 11.5. The molecule has 1 saturated heterocycles. The van der Waals surface area contributed by atoms with Crippen LogP contribution >= 0.6 is 0 Å². The highest BCUT2D eigenvalue weighted by Gasteiger charge is 2.20. The summed E-state index contributed by atoms with van der Waals surface area (Å²) < 4.78 is 1.42. The van der Waals surface area contributed by atoms with Gasteiger partial charge in [0.25, 0.3) is 0 Å². The zero-order valence-electron chi connectivity index (χ0n) is 12.5. The fourth-order valence-corrected chi connectivity index (χ4v) is 2.85. The van der Waals surface area contributed by atoms with E-state index in [1.807, 2.05) is 6.07 Å². The average molecular weight is 290 g/mol. The Morgan fingerprint density at radius 1 is 1.52 bits per heavy atom. The molecule has 2 aromatic rings. The van der Waals surface area contributed by atoms with Crippen LogP contribution in [0.1, 0.15) is 26.7 Å². The summed E-state index contributed by atoms with van der Waals surface area (Å²) in [6, 6.07) is 2.39. The van der Waals surface area contributed by atoms with E-state index in [0.717, 1.165) is 25.5 Å². The van der Waals surface area contributed by atoms with E-state index in [2.05, 4.69) is 39.2 Å². The lowest BCUT2D eigenvalue weighted by molar-refractivity contribution is 0.537. The van der Waals surface area contributed by atoms with Crippen LogP contribution in [0.2, 0.25) is 0 Å². The number of anilines is 1. The number of hydrogen-bond donors (Lipinski definition) is 2. The van der Waals surface area contributed by atoms with Gasteiger partial charge in [-0.1, -0.05) is 13.8 Å². The van der Waals surface area contributed by atoms with Crippen LogP contribution in [0.4, 0.5) is 5.82 Å². The van der Waals surface area contributed by atoms with Gasteiger partial charge in [-0.2, -0.15) is 5.10 Å². The second-order valence-corrected chi connectivity index (χ2v) is 6.10. The Morgan fingerprint density at radius 3 is 3.10 bits per heavy atom. The largest absolute Gasteiger partial charge is 0.355 e. The molecular formula is C14H22N6O. The van der Waals surface area contributed by atoms with Crippen LogP contribution in [0.3, 0.4) is 0 Å². The number of nitrogens with zero attached hydrogens (tertiary/aromatic N) is 4. The molecule has 1 fully saturated rings. The Balaban J connectivity index is 1.86. The van der Waals surface area contributed by atoms with E-state index in [-0.39, 0.29) is 5.69 Å². The first-order valence-corrected chi connectivity index (χ1v) is 7.54. The highest BCUT2D eigenvalue weighted by Crippen LogP contribution is 2.16. The lowest BCUT2D eigenvalue weighted by atomic mass is 10.1. The monoisotopic (exact) mass is 290 g/mol. The van der Waals surface area contributed by atoms with E-state index in [1.165, 1.54) is 17.2 Å². The van der Waals surface area contributed by atoms with E-state index in [0.29, 0.717) is 17.6 Å². The number of fused-ring (bicyclic) bond motifs is 1. The van der Waals surface area contributed by atoms with Gasteiger partial charge in [0.2, 0.25) is 0 Å². The Labute approximate surface area is 123 Å². The Bertz CT molecular complexity index is 655. The molecule has 1 aliphatic rings. The molecule has 0 aromatic carbocycles. The predicted molar refractivity (Wildman–Crippen MR) is 81.7 cm³/mol. The van der Waals surface area contributed by atoms with Gasteiger partial charge in [0.1, 0.15) is 12.1 Å². The quantitative estimate of drug-likeness (QED) is 0.844. The first-order valence-electron chi connectivity index (χ1n) is 7.54. The maximum Gasteiger partial charge on any atom is 0.348 e. The first kappa shape index (κ1) is 14.1. The minimum absolute atomic E-state index is 0.253. The molecule has 0 spiro atoms. The summed E-state index contributed by atoms with van der Waals surface area (Å²) in [5.41, 5.74) is 0.357. The third kappa shape index (κ3) is 3.07. The predicted octanol–water partition coefficient (Wildman–Crippen LogP) is 0.632. The normalized spacial score (nSPS) is 18.7. The molecule has 1 aliphatic heterocycles. The lowest BCUT2D eigenvalue weighted by Crippen LogP contribution is -2.40. The van der Waals surface area contributed by atoms with Crippen LogP contribution in [-0.2, 0) is 0 Å². The molecule has 7 nitrogen and oxygen atoms in total. The van der Waals surface area contributed by atoms with E-state index in [9.17, 15) is 4.79 Å². The van der Waals surface area contributed by atoms with Crippen molar-refractivity contribution in [2.24, 2.45) is 5.92 Å². The van der Waals surface area contributed by atoms with E-state index >= 15 is 0 Å². The molecule has 21 heavy (non-hydrogen) atoms. The topological polar surface area (TPSA) is 78.3 Å². The van der Waals surface area contributed by atoms with Gasteiger partial charge in [0, 0.05) is 25.2 Å². The molecule has 114 valence electrons. The van der Waals surface area contributed by atoms with Gasteiger partial charge in [-0.25, -0.2) is 19.3 Å². The van der Waals surface area contributed by atoms with Crippen LogP contribution in [-0.4, -0.2) is 45.3 Å². The van der Waals surface area contributed by atoms with Crippen molar-refractivity contribution < 1.29 is 0 Å². The second kappa shape index (κ2) is 5.85. The van der Waals surface area contributed by atoms with Crippen LogP contribution in [0.5, 0.6) is 0 Å². The number of rotatable bonds is 5. The van der Waals surface area contributed by atoms with Gasteiger partial charge in [0.15, 0.2) is 5.65 Å². The molecule has 7 heteroatoms. The zero-order valence-corrected chi connectivity index (χ0v) is 12.5. The molecule has 3 heterocycles. The van der Waals surface area contributed by atoms with Crippen molar-refractivity contribution in [3.8, 4) is 0 Å². The highest BCUT2D eigenvalue weighted by atomic mass is 16.1. The van der Waals surface area contributed by atoms with Crippen molar-refractivity contribution >= 4 is 11.5 Å². The second-order valence-electron chi connectivity index (χ2n) is 6.10. The molecule has 0 aliphatic carbocycles. The van der Waals surface area contributed by atoms with Crippen molar-refractivity contribution in [1.82, 2.24) is 24.9 Å². The van der Waals surface area contributed by atoms with Gasteiger partial charge in [-0.05, 0) is 25.3 Å². The lowest BCUT2D eigenvalue weighted by Gasteiger charge is -2.28. The van der Waals surface area contributed by atoms with Crippen LogP contribution in [0.15, 0.2) is 17.2 Å². The van der Waals surface area contributed by atoms with Crippen LogP contribution < -0.4 is 15.9 Å². The van der Waals surface area contributed by atoms with Crippen molar-refractivity contribution in [2.45, 2.75) is 32.7 Å². The molecule has 0 saturated carbocycles. The molecule has 0 bridgehead atoms. The molecule has 0 amide bonds. The molecule has 1 atom stereocenters. The van der Waals surface area contributed by atoms with Gasteiger partial charge in [-0.15, -0.1) is 0 Å². The van der Waals surface area contributed by atoms with E-state index in [1.54, 1.807) is 6.33 Å². The zero-order chi connectivity index (χ0) is 14.8. The summed E-state index contributed by atoms with van der Waals surface area (Å²) in [4.78, 5) is 18.2. The van der Waals surface area contributed by atoms with Crippen molar-refractivity contribution in [3.63, 3.8) is 0 Å². The highest BCUT2D eigenvalue weighted by molar-refractivity contribution is 5.50. The fraction of sp³-hybridized carbons (Fsp3) is 0.643. The number of aromatic nitrogens is 4. The van der Waals surface area contributed by atoms with Gasteiger partial charge in [-0.3, -0.25) is 0 Å². The van der Waals surface area contributed by atoms with Crippen LogP contribution in [0, 0.1) is 5.92 Å². The summed E-state index contributed by atoms with van der Waals surface area (Å²) in [5, 5.41) is 9.98. The number of aromatic amines is 1. The Hall–Kier alpha value is -1.89. The summed E-state index contributed by atoms with van der Waals surface area (Å²) in [6.45, 7) is 7.38. The Kier molecular flexibility index (Phi) is 3.92. The minimum Gasteiger partial charge on any atom is -0.355 e. The number of nitrogens with one attached hydrogen (secondary N) is 2. The summed E-state index contributed by atoms with van der Waals surface area (Å²) in [5.74, 6) is 1.43. The third-order valence-electron chi connectivity index (χ3n) is 3.81. The Morgan fingerprint density at radius 2 is 2.38 bits per heavy atom. The molecule has 2 aromatic heterocycles. The summed E-state index contributed by atoms with van der Waals surface area (Å²) in [6.07, 6.45) is 3.99. The van der Waals surface area contributed by atoms with E-state index in [4.69, 9.17) is 0 Å². The maximum absolute atomic E-state index is 11.5. The number of H-pyrrole nitrogens is 1. The molecule has 3 rings (SSSR count). The van der Waals surface area contributed by atoms with Crippen molar-refractivity contribution in [3.05, 3.63) is 22.9 Å². The molecule has 0 radical (unpaired) electrons. The third-order valence-corrected chi connectivity index (χ3v) is 3.81. The molecule has 1 unspecified atom stereocenters. The molecular weight excluding hydrogens is 268 g/mol. The van der Waals surface area contributed by atoms with E-state index < -0.39 is 0 Å². The number of hydrogen-bond acceptors (Lipinski definition) is 5. The standard InChI is InChI=1S/C14H22N6O/c1-10(2)7-19(8-11-4-3-5-15-11)12-6-13-17-18-14(21)20(13)9-16-12/h6,9-11,15H,3-5,7-8H2,1-2H3,(H,18,21). The smallest absolute Gasteiger partial charge is 0.348 e. The van der Waals surface area contributed by atoms with Gasteiger partial charge in [0.05, 0.1) is 0 Å². The van der Waals surface area contributed by atoms with Crippen molar-refractivity contribution in [1.29, 1.82) is 0 Å². The summed E-state index contributed by atoms with van der Waals surface area (Å²) in [7, 11) is 0. The minimum atomic E-state index is -0.253. The molecule has 2 N–H and O–H groups in total. The average Bonchev–Trinajstić information content (AvgIpc) is 3.08. The van der Waals surface area contributed by atoms with Gasteiger partial charge >= 0.3 is 5.69 Å². The van der Waals surface area contributed by atoms with Crippen molar-refractivity contribution in [2.75, 3.05) is 24.5 Å². The fourth-order valence-electron chi connectivity index (χ4n) is 2.85. The SMILES string of the molecule is CC(C)CN(CC1CCCN1)c1cc2n[nH]c(=O)n2cn1.